The molecular weight excluding hydrogens is 368 g/mol. The Labute approximate surface area is 128 Å². The molecule has 112 valence electrons. The van der Waals surface area contributed by atoms with Crippen LogP contribution in [0.3, 0.4) is 0 Å². The molecule has 0 atom stereocenters. The molecule has 0 aliphatic rings. The van der Waals surface area contributed by atoms with Gasteiger partial charge < -0.3 is 5.73 Å². The first kappa shape index (κ1) is 15.6. The molecule has 0 saturated heterocycles. The summed E-state index contributed by atoms with van der Waals surface area (Å²) in [4.78, 5) is 2.91. The minimum Gasteiger partial charge on any atom is -0.399 e. The summed E-state index contributed by atoms with van der Waals surface area (Å²) in [6.07, 6.45) is 0. The zero-order chi connectivity index (χ0) is 15.8. The second kappa shape index (κ2) is 5.57. The van der Waals surface area contributed by atoms with Gasteiger partial charge in [0.15, 0.2) is 4.90 Å². The number of nitrogen functional groups attached to an aromatic ring is 1. The summed E-state index contributed by atoms with van der Waals surface area (Å²) in [7, 11) is -4.44. The van der Waals surface area contributed by atoms with E-state index in [9.17, 15) is 17.2 Å². The van der Waals surface area contributed by atoms with Crippen LogP contribution in [0.1, 0.15) is 5.69 Å². The molecule has 0 bridgehead atoms. The average Bonchev–Trinajstić information content (AvgIpc) is 2.30. The molecule has 0 amide bonds. The lowest BCUT2D eigenvalue weighted by Crippen LogP contribution is -2.17. The van der Waals surface area contributed by atoms with Crippen molar-refractivity contribution in [2.24, 2.45) is 0 Å². The van der Waals surface area contributed by atoms with E-state index < -0.39 is 26.6 Å². The van der Waals surface area contributed by atoms with E-state index >= 15 is 0 Å². The third kappa shape index (κ3) is 3.30. The number of hydrogen-bond donors (Lipinski definition) is 2. The molecule has 3 N–H and O–H groups in total. The third-order valence-corrected chi connectivity index (χ3v) is 4.44. The lowest BCUT2D eigenvalue weighted by atomic mass is 10.3. The summed E-state index contributed by atoms with van der Waals surface area (Å²) in [5.74, 6) is -2.52. The second-order valence-corrected chi connectivity index (χ2v) is 6.62. The number of benzene rings is 1. The van der Waals surface area contributed by atoms with Gasteiger partial charge in [-0.05, 0) is 47.1 Å². The summed E-state index contributed by atoms with van der Waals surface area (Å²) >= 11 is 3.13. The van der Waals surface area contributed by atoms with Crippen molar-refractivity contribution in [1.29, 1.82) is 0 Å². The molecule has 21 heavy (non-hydrogen) atoms. The standard InChI is InChI=1S/C12H10BrF2N3O2S/c1-6-10(2-3-11(13)17-6)18-21(19,20)12-8(14)4-7(16)5-9(12)15/h2-5,18H,16H2,1H3. The normalized spacial score (nSPS) is 11.4. The number of hydrogen-bond acceptors (Lipinski definition) is 4. The van der Waals surface area contributed by atoms with Crippen LogP contribution in [0.5, 0.6) is 0 Å². The Hall–Kier alpha value is -1.74. The predicted molar refractivity (Wildman–Crippen MR) is 78.3 cm³/mol. The van der Waals surface area contributed by atoms with Gasteiger partial charge in [0.1, 0.15) is 16.2 Å². The number of aromatic nitrogens is 1. The SMILES string of the molecule is Cc1nc(Br)ccc1NS(=O)(=O)c1c(F)cc(N)cc1F. The smallest absolute Gasteiger partial charge is 0.267 e. The van der Waals surface area contributed by atoms with Gasteiger partial charge in [0, 0.05) is 5.69 Å². The second-order valence-electron chi connectivity index (χ2n) is 4.19. The lowest BCUT2D eigenvalue weighted by molar-refractivity contribution is 0.522. The molecule has 0 unspecified atom stereocenters. The molecule has 1 heterocycles. The van der Waals surface area contributed by atoms with E-state index in [1.165, 1.54) is 12.1 Å². The van der Waals surface area contributed by atoms with Crippen LogP contribution < -0.4 is 10.5 Å². The van der Waals surface area contributed by atoms with E-state index in [1.54, 1.807) is 6.92 Å². The zero-order valence-corrected chi connectivity index (χ0v) is 13.1. The number of nitrogens with two attached hydrogens (primary N) is 1. The van der Waals surface area contributed by atoms with Crippen molar-refractivity contribution < 1.29 is 17.2 Å². The number of halogens is 3. The van der Waals surface area contributed by atoms with Gasteiger partial charge in [-0.1, -0.05) is 0 Å². The first-order valence-electron chi connectivity index (χ1n) is 5.61. The minimum absolute atomic E-state index is 0.119. The highest BCUT2D eigenvalue weighted by Gasteiger charge is 2.25. The highest BCUT2D eigenvalue weighted by molar-refractivity contribution is 9.10. The van der Waals surface area contributed by atoms with E-state index in [4.69, 9.17) is 5.73 Å². The van der Waals surface area contributed by atoms with Crippen molar-refractivity contribution in [3.63, 3.8) is 0 Å². The minimum atomic E-state index is -4.44. The van der Waals surface area contributed by atoms with Crippen molar-refractivity contribution in [2.75, 3.05) is 10.5 Å². The molecule has 9 heteroatoms. The molecular formula is C12H10BrF2N3O2S. The Kier molecular flexibility index (Phi) is 4.15. The van der Waals surface area contributed by atoms with Crippen LogP contribution in [0.15, 0.2) is 33.8 Å². The van der Waals surface area contributed by atoms with E-state index in [0.29, 0.717) is 10.3 Å². The summed E-state index contributed by atoms with van der Waals surface area (Å²) in [5.41, 5.74) is 5.52. The fourth-order valence-corrected chi connectivity index (χ4v) is 3.31. The summed E-state index contributed by atoms with van der Waals surface area (Å²) in [6, 6.07) is 4.41. The Morgan fingerprint density at radius 1 is 1.24 bits per heavy atom. The van der Waals surface area contributed by atoms with Crippen molar-refractivity contribution in [1.82, 2.24) is 4.98 Å². The molecule has 0 aliphatic heterocycles. The number of aryl methyl sites for hydroxylation is 1. The molecule has 5 nitrogen and oxygen atoms in total. The average molecular weight is 378 g/mol. The van der Waals surface area contributed by atoms with E-state index in [2.05, 4.69) is 25.6 Å². The molecule has 1 aromatic heterocycles. The number of nitrogens with one attached hydrogen (secondary N) is 1. The summed E-state index contributed by atoms with van der Waals surface area (Å²) in [5, 5.41) is 0. The predicted octanol–water partition coefficient (Wildman–Crippen LogP) is 2.81. The van der Waals surface area contributed by atoms with Crippen LogP contribution in [0.4, 0.5) is 20.2 Å². The van der Waals surface area contributed by atoms with Crippen LogP contribution in [-0.4, -0.2) is 13.4 Å². The van der Waals surface area contributed by atoms with Crippen molar-refractivity contribution >= 4 is 37.3 Å². The summed E-state index contributed by atoms with van der Waals surface area (Å²) < 4.78 is 54.3. The van der Waals surface area contributed by atoms with E-state index in [1.807, 2.05) is 0 Å². The number of sulfonamides is 1. The Balaban J connectivity index is 2.48. The Morgan fingerprint density at radius 2 is 1.81 bits per heavy atom. The molecule has 0 fully saturated rings. The molecule has 0 saturated carbocycles. The number of nitrogens with zero attached hydrogens (tertiary/aromatic N) is 1. The van der Waals surface area contributed by atoms with Crippen LogP contribution in [0.25, 0.3) is 0 Å². The van der Waals surface area contributed by atoms with Crippen LogP contribution in [-0.2, 0) is 10.0 Å². The van der Waals surface area contributed by atoms with Gasteiger partial charge in [0.05, 0.1) is 11.4 Å². The molecule has 0 aliphatic carbocycles. The van der Waals surface area contributed by atoms with Gasteiger partial charge in [-0.3, -0.25) is 4.72 Å². The summed E-state index contributed by atoms with van der Waals surface area (Å²) in [6.45, 7) is 1.55. The number of rotatable bonds is 3. The van der Waals surface area contributed by atoms with Crippen LogP contribution in [0, 0.1) is 18.6 Å². The fraction of sp³-hybridized carbons (Fsp3) is 0.0833. The number of anilines is 2. The maximum absolute atomic E-state index is 13.7. The Bertz CT molecular complexity index is 789. The highest BCUT2D eigenvalue weighted by atomic mass is 79.9. The maximum Gasteiger partial charge on any atom is 0.267 e. The van der Waals surface area contributed by atoms with E-state index in [0.717, 1.165) is 12.1 Å². The van der Waals surface area contributed by atoms with Gasteiger partial charge >= 0.3 is 0 Å². The molecule has 1 aromatic carbocycles. The third-order valence-electron chi connectivity index (χ3n) is 2.59. The monoisotopic (exact) mass is 377 g/mol. The first-order valence-corrected chi connectivity index (χ1v) is 7.89. The quantitative estimate of drug-likeness (QED) is 0.636. The number of pyridine rings is 1. The molecule has 0 radical (unpaired) electrons. The highest BCUT2D eigenvalue weighted by Crippen LogP contribution is 2.25. The van der Waals surface area contributed by atoms with Crippen LogP contribution >= 0.6 is 15.9 Å². The molecule has 0 spiro atoms. The fourth-order valence-electron chi connectivity index (χ4n) is 1.67. The largest absolute Gasteiger partial charge is 0.399 e. The van der Waals surface area contributed by atoms with Gasteiger partial charge in [-0.2, -0.15) is 0 Å². The molecule has 2 rings (SSSR count). The van der Waals surface area contributed by atoms with Gasteiger partial charge in [0.2, 0.25) is 0 Å². The topological polar surface area (TPSA) is 85.1 Å². The zero-order valence-electron chi connectivity index (χ0n) is 10.7. The maximum atomic E-state index is 13.7. The molecule has 2 aromatic rings. The van der Waals surface area contributed by atoms with Crippen molar-refractivity contribution in [2.45, 2.75) is 11.8 Å². The van der Waals surface area contributed by atoms with Gasteiger partial charge in [-0.15, -0.1) is 0 Å². The van der Waals surface area contributed by atoms with Crippen LogP contribution in [0.2, 0.25) is 0 Å². The van der Waals surface area contributed by atoms with E-state index in [-0.39, 0.29) is 11.4 Å². The lowest BCUT2D eigenvalue weighted by Gasteiger charge is -2.12. The van der Waals surface area contributed by atoms with Crippen molar-refractivity contribution in [3.8, 4) is 0 Å². The van der Waals surface area contributed by atoms with Gasteiger partial charge in [0.25, 0.3) is 10.0 Å². The van der Waals surface area contributed by atoms with Crippen molar-refractivity contribution in [3.05, 3.63) is 46.2 Å². The Morgan fingerprint density at radius 3 is 2.33 bits per heavy atom. The first-order chi connectivity index (χ1) is 9.70. The van der Waals surface area contributed by atoms with Gasteiger partial charge in [-0.25, -0.2) is 22.2 Å².